The number of para-hydroxylation sites is 2. The predicted octanol–water partition coefficient (Wildman–Crippen LogP) is 3.01. The molecule has 112 valence electrons. The van der Waals surface area contributed by atoms with Crippen molar-refractivity contribution in [2.24, 2.45) is 0 Å². The normalized spacial score (nSPS) is 9.64. The SMILES string of the molecule is CCOc1ccccc1NC(=O)CNc1cccc(C#N)c1. The first-order valence-electron chi connectivity index (χ1n) is 6.98. The van der Waals surface area contributed by atoms with Gasteiger partial charge in [0, 0.05) is 5.69 Å². The number of carbonyl (C=O) groups excluding carboxylic acids is 1. The Balaban J connectivity index is 1.94. The highest BCUT2D eigenvalue weighted by Crippen LogP contribution is 2.23. The lowest BCUT2D eigenvalue weighted by molar-refractivity contribution is -0.114. The molecule has 0 heterocycles. The zero-order valence-corrected chi connectivity index (χ0v) is 12.3. The maximum Gasteiger partial charge on any atom is 0.243 e. The lowest BCUT2D eigenvalue weighted by atomic mass is 10.2. The van der Waals surface area contributed by atoms with Gasteiger partial charge in [-0.05, 0) is 37.3 Å². The van der Waals surface area contributed by atoms with Gasteiger partial charge in [0.15, 0.2) is 0 Å². The number of nitriles is 1. The number of nitrogens with zero attached hydrogens (tertiary/aromatic N) is 1. The van der Waals surface area contributed by atoms with Gasteiger partial charge in [-0.3, -0.25) is 4.79 Å². The summed E-state index contributed by atoms with van der Waals surface area (Å²) < 4.78 is 5.46. The van der Waals surface area contributed by atoms with E-state index < -0.39 is 0 Å². The van der Waals surface area contributed by atoms with Gasteiger partial charge in [-0.1, -0.05) is 18.2 Å². The van der Waals surface area contributed by atoms with Crippen molar-refractivity contribution in [2.45, 2.75) is 6.92 Å². The number of hydrogen-bond acceptors (Lipinski definition) is 4. The Morgan fingerprint density at radius 3 is 2.82 bits per heavy atom. The number of rotatable bonds is 6. The third kappa shape index (κ3) is 4.25. The summed E-state index contributed by atoms with van der Waals surface area (Å²) in [7, 11) is 0. The predicted molar refractivity (Wildman–Crippen MR) is 85.9 cm³/mol. The average Bonchev–Trinajstić information content (AvgIpc) is 2.55. The quantitative estimate of drug-likeness (QED) is 0.859. The van der Waals surface area contributed by atoms with E-state index in [-0.39, 0.29) is 12.5 Å². The summed E-state index contributed by atoms with van der Waals surface area (Å²) in [6.07, 6.45) is 0. The van der Waals surface area contributed by atoms with E-state index in [4.69, 9.17) is 10.00 Å². The molecule has 2 N–H and O–H groups in total. The molecule has 2 rings (SSSR count). The van der Waals surface area contributed by atoms with Crippen molar-refractivity contribution in [3.05, 3.63) is 54.1 Å². The fourth-order valence-electron chi connectivity index (χ4n) is 1.93. The molecule has 0 unspecified atom stereocenters. The van der Waals surface area contributed by atoms with Crippen LogP contribution in [0.5, 0.6) is 5.75 Å². The number of nitrogens with one attached hydrogen (secondary N) is 2. The van der Waals surface area contributed by atoms with Crippen LogP contribution < -0.4 is 15.4 Å². The molecule has 0 bridgehead atoms. The van der Waals surface area contributed by atoms with E-state index in [9.17, 15) is 4.79 Å². The molecule has 5 nitrogen and oxygen atoms in total. The van der Waals surface area contributed by atoms with Gasteiger partial charge in [-0.25, -0.2) is 0 Å². The van der Waals surface area contributed by atoms with Crippen molar-refractivity contribution >= 4 is 17.3 Å². The zero-order valence-electron chi connectivity index (χ0n) is 12.3. The molecule has 0 aromatic heterocycles. The minimum absolute atomic E-state index is 0.106. The first kappa shape index (κ1) is 15.4. The first-order chi connectivity index (χ1) is 10.7. The van der Waals surface area contributed by atoms with Crippen molar-refractivity contribution in [1.82, 2.24) is 0 Å². The van der Waals surface area contributed by atoms with Crippen molar-refractivity contribution in [3.8, 4) is 11.8 Å². The van der Waals surface area contributed by atoms with Gasteiger partial charge in [0.2, 0.25) is 5.91 Å². The van der Waals surface area contributed by atoms with Crippen LogP contribution in [0.1, 0.15) is 12.5 Å². The van der Waals surface area contributed by atoms with Gasteiger partial charge in [0.1, 0.15) is 5.75 Å². The molecule has 0 aliphatic carbocycles. The summed E-state index contributed by atoms with van der Waals surface area (Å²) in [4.78, 5) is 12.0. The smallest absolute Gasteiger partial charge is 0.243 e. The summed E-state index contributed by atoms with van der Waals surface area (Å²) >= 11 is 0. The Bertz CT molecular complexity index is 692. The second-order valence-corrected chi connectivity index (χ2v) is 4.52. The van der Waals surface area contributed by atoms with Gasteiger partial charge < -0.3 is 15.4 Å². The standard InChI is InChI=1S/C17H17N3O2/c1-2-22-16-9-4-3-8-15(16)20-17(21)12-19-14-7-5-6-13(10-14)11-18/h3-10,19H,2,12H2,1H3,(H,20,21). The van der Waals surface area contributed by atoms with E-state index in [1.165, 1.54) is 0 Å². The highest BCUT2D eigenvalue weighted by molar-refractivity contribution is 5.95. The molecule has 0 aliphatic rings. The molecule has 0 aliphatic heterocycles. The molecule has 22 heavy (non-hydrogen) atoms. The molecular formula is C17H17N3O2. The molecular weight excluding hydrogens is 278 g/mol. The van der Waals surface area contributed by atoms with E-state index >= 15 is 0 Å². The van der Waals surface area contributed by atoms with Crippen LogP contribution in [0.2, 0.25) is 0 Å². The second kappa shape index (κ2) is 7.70. The van der Waals surface area contributed by atoms with Crippen molar-refractivity contribution in [1.29, 1.82) is 5.26 Å². The van der Waals surface area contributed by atoms with Gasteiger partial charge in [-0.15, -0.1) is 0 Å². The molecule has 0 spiro atoms. The van der Waals surface area contributed by atoms with Crippen LogP contribution in [0, 0.1) is 11.3 Å². The van der Waals surface area contributed by atoms with Gasteiger partial charge in [-0.2, -0.15) is 5.26 Å². The van der Waals surface area contributed by atoms with Crippen LogP contribution in [0.3, 0.4) is 0 Å². The van der Waals surface area contributed by atoms with E-state index in [0.717, 1.165) is 5.69 Å². The molecule has 2 aromatic rings. The second-order valence-electron chi connectivity index (χ2n) is 4.52. The summed E-state index contributed by atoms with van der Waals surface area (Å²) in [5.41, 5.74) is 1.92. The Morgan fingerprint density at radius 2 is 2.05 bits per heavy atom. The number of anilines is 2. The highest BCUT2D eigenvalue weighted by Gasteiger charge is 2.07. The topological polar surface area (TPSA) is 74.2 Å². The zero-order chi connectivity index (χ0) is 15.8. The van der Waals surface area contributed by atoms with E-state index in [1.807, 2.05) is 31.2 Å². The Kier molecular flexibility index (Phi) is 5.38. The van der Waals surface area contributed by atoms with Crippen LogP contribution in [0.25, 0.3) is 0 Å². The van der Waals surface area contributed by atoms with Crippen molar-refractivity contribution < 1.29 is 9.53 Å². The monoisotopic (exact) mass is 295 g/mol. The average molecular weight is 295 g/mol. The third-order valence-electron chi connectivity index (χ3n) is 2.91. The summed E-state index contributed by atoms with van der Waals surface area (Å²) in [6.45, 7) is 2.53. The van der Waals surface area contributed by atoms with Crippen molar-refractivity contribution in [2.75, 3.05) is 23.8 Å². The number of amides is 1. The fourth-order valence-corrected chi connectivity index (χ4v) is 1.93. The Morgan fingerprint density at radius 1 is 1.23 bits per heavy atom. The number of benzene rings is 2. The largest absolute Gasteiger partial charge is 0.492 e. The van der Waals surface area contributed by atoms with Gasteiger partial charge in [0.05, 0.1) is 30.5 Å². The van der Waals surface area contributed by atoms with Crippen LogP contribution in [0.4, 0.5) is 11.4 Å². The third-order valence-corrected chi connectivity index (χ3v) is 2.91. The Labute approximate surface area is 129 Å². The van der Waals surface area contributed by atoms with E-state index in [0.29, 0.717) is 23.6 Å². The number of carbonyl (C=O) groups is 1. The van der Waals surface area contributed by atoms with Crippen LogP contribution in [0.15, 0.2) is 48.5 Å². The maximum atomic E-state index is 12.0. The highest BCUT2D eigenvalue weighted by atomic mass is 16.5. The maximum absolute atomic E-state index is 12.0. The van der Waals surface area contributed by atoms with Crippen LogP contribution in [-0.2, 0) is 4.79 Å². The molecule has 2 aromatic carbocycles. The fraction of sp³-hybridized carbons (Fsp3) is 0.176. The molecule has 0 fully saturated rings. The van der Waals surface area contributed by atoms with Gasteiger partial charge in [0.25, 0.3) is 0 Å². The van der Waals surface area contributed by atoms with E-state index in [1.54, 1.807) is 24.3 Å². The summed E-state index contributed by atoms with van der Waals surface area (Å²) in [5, 5.41) is 14.6. The van der Waals surface area contributed by atoms with Crippen molar-refractivity contribution in [3.63, 3.8) is 0 Å². The molecule has 0 atom stereocenters. The molecule has 1 amide bonds. The minimum Gasteiger partial charge on any atom is -0.492 e. The Hall–Kier alpha value is -3.00. The van der Waals surface area contributed by atoms with Crippen LogP contribution in [-0.4, -0.2) is 19.1 Å². The molecule has 0 saturated carbocycles. The van der Waals surface area contributed by atoms with E-state index in [2.05, 4.69) is 16.7 Å². The van der Waals surface area contributed by atoms with Crippen LogP contribution >= 0.6 is 0 Å². The number of hydrogen-bond donors (Lipinski definition) is 2. The van der Waals surface area contributed by atoms with Gasteiger partial charge >= 0.3 is 0 Å². The minimum atomic E-state index is -0.186. The number of ether oxygens (including phenoxy) is 1. The lowest BCUT2D eigenvalue weighted by Crippen LogP contribution is -2.22. The summed E-state index contributed by atoms with van der Waals surface area (Å²) in [5.74, 6) is 0.458. The molecule has 0 saturated heterocycles. The first-order valence-corrected chi connectivity index (χ1v) is 6.98. The summed E-state index contributed by atoms with van der Waals surface area (Å²) in [6, 6.07) is 16.3. The molecule has 0 radical (unpaired) electrons. The molecule has 5 heteroatoms. The lowest BCUT2D eigenvalue weighted by Gasteiger charge is -2.12.